The van der Waals surface area contributed by atoms with Gasteiger partial charge in [-0.1, -0.05) is 12.1 Å². The third-order valence-corrected chi connectivity index (χ3v) is 7.95. The standard InChI is InChI=1S/C29H39F3N8O2/c1-37(2)19-26(41)39(12-11-30)21-9-7-20(8-10-21)18-33-29-35-24(38-13-15-42-16-14-38)17-25(36-29)40-23-6-4-3-5-22(23)34-28(40)27(31)32/h3-6,17,20-21,27H,7-16,18-19H2,1-2H3,(H,33,35,36). The van der Waals surface area contributed by atoms with Gasteiger partial charge in [-0.25, -0.2) is 18.2 Å². The van der Waals surface area contributed by atoms with Crippen molar-refractivity contribution in [2.24, 2.45) is 5.92 Å². The van der Waals surface area contributed by atoms with Gasteiger partial charge in [-0.3, -0.25) is 9.36 Å². The van der Waals surface area contributed by atoms with Crippen molar-refractivity contribution in [2.45, 2.75) is 38.2 Å². The minimum absolute atomic E-state index is 0.0271. The zero-order valence-corrected chi connectivity index (χ0v) is 24.2. The zero-order valence-electron chi connectivity index (χ0n) is 24.2. The Morgan fingerprint density at radius 2 is 1.79 bits per heavy atom. The maximum Gasteiger partial charge on any atom is 0.296 e. The fourth-order valence-electron chi connectivity index (χ4n) is 5.86. The Morgan fingerprint density at radius 3 is 2.48 bits per heavy atom. The summed E-state index contributed by atoms with van der Waals surface area (Å²) in [5, 5.41) is 3.36. The van der Waals surface area contributed by atoms with Gasteiger partial charge >= 0.3 is 0 Å². The number of nitrogens with one attached hydrogen (secondary N) is 1. The van der Waals surface area contributed by atoms with Crippen LogP contribution in [0.5, 0.6) is 0 Å². The number of aromatic nitrogens is 4. The van der Waals surface area contributed by atoms with Gasteiger partial charge in [-0.15, -0.1) is 0 Å². The Hall–Kier alpha value is -3.45. The van der Waals surface area contributed by atoms with E-state index in [9.17, 15) is 18.0 Å². The van der Waals surface area contributed by atoms with Crippen LogP contribution >= 0.6 is 0 Å². The zero-order chi connectivity index (χ0) is 29.6. The molecule has 1 saturated heterocycles. The van der Waals surface area contributed by atoms with E-state index in [1.54, 1.807) is 40.1 Å². The minimum Gasteiger partial charge on any atom is -0.378 e. The summed E-state index contributed by atoms with van der Waals surface area (Å²) < 4.78 is 48.4. The molecule has 1 amide bonds. The smallest absolute Gasteiger partial charge is 0.296 e. The number of amides is 1. The molecule has 0 radical (unpaired) electrons. The molecule has 42 heavy (non-hydrogen) atoms. The number of alkyl halides is 3. The van der Waals surface area contributed by atoms with E-state index in [1.165, 1.54) is 4.57 Å². The van der Waals surface area contributed by atoms with Crippen LogP contribution < -0.4 is 10.2 Å². The number of hydrogen-bond acceptors (Lipinski definition) is 8. The summed E-state index contributed by atoms with van der Waals surface area (Å²) in [6, 6.07) is 8.78. The van der Waals surface area contributed by atoms with E-state index < -0.39 is 13.1 Å². The number of carbonyl (C=O) groups is 1. The third-order valence-electron chi connectivity index (χ3n) is 7.95. The first-order valence-electron chi connectivity index (χ1n) is 14.6. The van der Waals surface area contributed by atoms with Crippen molar-refractivity contribution in [3.05, 3.63) is 36.2 Å². The van der Waals surface area contributed by atoms with Crippen molar-refractivity contribution in [1.29, 1.82) is 0 Å². The van der Waals surface area contributed by atoms with E-state index in [2.05, 4.69) is 20.2 Å². The van der Waals surface area contributed by atoms with E-state index in [-0.39, 0.29) is 30.9 Å². The van der Waals surface area contributed by atoms with Crippen LogP contribution in [0.4, 0.5) is 24.9 Å². The second kappa shape index (κ2) is 13.7. The lowest BCUT2D eigenvalue weighted by Gasteiger charge is -2.37. The van der Waals surface area contributed by atoms with Gasteiger partial charge in [0.25, 0.3) is 6.43 Å². The fourth-order valence-corrected chi connectivity index (χ4v) is 5.86. The Labute approximate surface area is 243 Å². The van der Waals surface area contributed by atoms with Gasteiger partial charge < -0.3 is 24.8 Å². The van der Waals surface area contributed by atoms with Gasteiger partial charge in [0, 0.05) is 38.3 Å². The predicted molar refractivity (Wildman–Crippen MR) is 155 cm³/mol. The van der Waals surface area contributed by atoms with Crippen molar-refractivity contribution in [2.75, 3.05) is 76.9 Å². The van der Waals surface area contributed by atoms with E-state index >= 15 is 0 Å². The Morgan fingerprint density at radius 1 is 1.07 bits per heavy atom. The van der Waals surface area contributed by atoms with Crippen molar-refractivity contribution >= 4 is 28.7 Å². The summed E-state index contributed by atoms with van der Waals surface area (Å²) >= 11 is 0. The molecular weight excluding hydrogens is 549 g/mol. The van der Waals surface area contributed by atoms with Crippen LogP contribution in [0.1, 0.15) is 37.9 Å². The summed E-state index contributed by atoms with van der Waals surface area (Å²) in [5.41, 5.74) is 1.02. The number of fused-ring (bicyclic) bond motifs is 1. The number of nitrogens with zero attached hydrogens (tertiary/aromatic N) is 7. The van der Waals surface area contributed by atoms with E-state index in [0.717, 1.165) is 25.7 Å². The topological polar surface area (TPSA) is 91.7 Å². The molecule has 1 aromatic carbocycles. The number of anilines is 2. The largest absolute Gasteiger partial charge is 0.378 e. The lowest BCUT2D eigenvalue weighted by atomic mass is 9.85. The second-order valence-electron chi connectivity index (χ2n) is 11.2. The van der Waals surface area contributed by atoms with Crippen LogP contribution in [-0.2, 0) is 9.53 Å². The quantitative estimate of drug-likeness (QED) is 0.361. The Bertz CT molecular complexity index is 1340. The maximum atomic E-state index is 14.1. The molecule has 1 aliphatic carbocycles. The molecule has 10 nitrogen and oxygen atoms in total. The van der Waals surface area contributed by atoms with Crippen LogP contribution in [0.15, 0.2) is 30.3 Å². The molecule has 2 aromatic heterocycles. The van der Waals surface area contributed by atoms with Crippen LogP contribution in [0, 0.1) is 5.92 Å². The number of para-hydroxylation sites is 2. The number of carbonyl (C=O) groups excluding carboxylic acids is 1. The lowest BCUT2D eigenvalue weighted by Crippen LogP contribution is -2.47. The lowest BCUT2D eigenvalue weighted by molar-refractivity contribution is -0.135. The molecule has 1 saturated carbocycles. The number of rotatable bonds is 11. The van der Waals surface area contributed by atoms with Crippen LogP contribution in [0.3, 0.4) is 0 Å². The molecule has 2 aliphatic rings. The molecular formula is C29H39F3N8O2. The number of benzene rings is 1. The van der Waals surface area contributed by atoms with Gasteiger partial charge in [0.05, 0.1) is 30.8 Å². The van der Waals surface area contributed by atoms with Crippen LogP contribution in [0.2, 0.25) is 0 Å². The molecule has 3 aromatic rings. The summed E-state index contributed by atoms with van der Waals surface area (Å²) in [4.78, 5) is 31.9. The molecule has 13 heteroatoms. The van der Waals surface area contributed by atoms with Gasteiger partial charge in [0.15, 0.2) is 5.82 Å². The molecule has 1 aliphatic heterocycles. The van der Waals surface area contributed by atoms with Crippen molar-refractivity contribution < 1.29 is 22.7 Å². The molecule has 1 N–H and O–H groups in total. The first-order valence-corrected chi connectivity index (χ1v) is 14.6. The highest BCUT2D eigenvalue weighted by Gasteiger charge is 2.29. The number of imidazole rings is 1. The average Bonchev–Trinajstić information content (AvgIpc) is 3.39. The summed E-state index contributed by atoms with van der Waals surface area (Å²) in [6.07, 6.45) is 0.544. The van der Waals surface area contributed by atoms with Crippen LogP contribution in [-0.4, -0.2) is 108 Å². The van der Waals surface area contributed by atoms with Crippen molar-refractivity contribution in [3.8, 4) is 5.82 Å². The average molecular weight is 589 g/mol. The molecule has 0 atom stereocenters. The molecule has 0 unspecified atom stereocenters. The van der Waals surface area contributed by atoms with E-state index in [1.807, 2.05) is 14.1 Å². The molecule has 0 bridgehead atoms. The van der Waals surface area contributed by atoms with Crippen molar-refractivity contribution in [3.63, 3.8) is 0 Å². The first kappa shape index (κ1) is 30.0. The highest BCUT2D eigenvalue weighted by Crippen LogP contribution is 2.31. The number of ether oxygens (including phenoxy) is 1. The molecule has 0 spiro atoms. The predicted octanol–water partition coefficient (Wildman–Crippen LogP) is 3.92. The normalized spacial score (nSPS) is 19.5. The number of halogens is 3. The monoisotopic (exact) mass is 588 g/mol. The Kier molecular flexibility index (Phi) is 9.78. The van der Waals surface area contributed by atoms with E-state index in [0.29, 0.717) is 67.4 Å². The maximum absolute atomic E-state index is 14.1. The fraction of sp³-hybridized carbons (Fsp3) is 0.586. The minimum atomic E-state index is -2.78. The third kappa shape index (κ3) is 6.95. The highest BCUT2D eigenvalue weighted by molar-refractivity contribution is 5.79. The summed E-state index contributed by atoms with van der Waals surface area (Å²) in [6.45, 7) is 2.80. The Balaban J connectivity index is 1.34. The molecule has 3 heterocycles. The molecule has 228 valence electrons. The van der Waals surface area contributed by atoms with Gasteiger partial charge in [-0.05, 0) is 57.8 Å². The van der Waals surface area contributed by atoms with Gasteiger partial charge in [0.1, 0.15) is 18.3 Å². The second-order valence-corrected chi connectivity index (χ2v) is 11.2. The number of morpholine rings is 1. The summed E-state index contributed by atoms with van der Waals surface area (Å²) in [7, 11) is 3.67. The van der Waals surface area contributed by atoms with Gasteiger partial charge in [-0.2, -0.15) is 9.97 Å². The highest BCUT2D eigenvalue weighted by atomic mass is 19.3. The van der Waals surface area contributed by atoms with Crippen LogP contribution in [0.25, 0.3) is 16.9 Å². The SMILES string of the molecule is CN(C)CC(=O)N(CCF)C1CCC(CNc2nc(N3CCOCC3)cc(-n3c(C(F)F)nc4ccccc43)n2)CC1. The number of hydrogen-bond donors (Lipinski definition) is 1. The first-order chi connectivity index (χ1) is 20.3. The van der Waals surface area contributed by atoms with Gasteiger partial charge in [0.2, 0.25) is 11.9 Å². The number of likely N-dealkylation sites (N-methyl/N-ethyl adjacent to an activating group) is 1. The van der Waals surface area contributed by atoms with Crippen molar-refractivity contribution in [1.82, 2.24) is 29.3 Å². The summed E-state index contributed by atoms with van der Waals surface area (Å²) in [5.74, 6) is 1.21. The molecule has 5 rings (SSSR count). The van der Waals surface area contributed by atoms with E-state index in [4.69, 9.17) is 9.72 Å². The molecule has 2 fully saturated rings.